The van der Waals surface area contributed by atoms with Crippen LogP contribution in [0.3, 0.4) is 0 Å². The third kappa shape index (κ3) is 4.41. The summed E-state index contributed by atoms with van der Waals surface area (Å²) in [7, 11) is 0. The summed E-state index contributed by atoms with van der Waals surface area (Å²) in [5.41, 5.74) is 1.25. The van der Waals surface area contributed by atoms with Crippen LogP contribution in [0, 0.1) is 12.8 Å². The molecule has 2 aromatic rings. The van der Waals surface area contributed by atoms with Gasteiger partial charge in [0.15, 0.2) is 0 Å². The third-order valence-electron chi connectivity index (χ3n) is 3.89. The van der Waals surface area contributed by atoms with E-state index in [1.165, 1.54) is 10.6 Å². The normalized spacial score (nSPS) is 12.6. The Bertz CT molecular complexity index is 750. The molecule has 0 spiro atoms. The van der Waals surface area contributed by atoms with E-state index in [0.29, 0.717) is 11.6 Å². The molecule has 0 aliphatic carbocycles. The number of rotatable bonds is 6. The Morgan fingerprint density at radius 3 is 2.70 bits per heavy atom. The molecule has 23 heavy (non-hydrogen) atoms. The van der Waals surface area contributed by atoms with Crippen molar-refractivity contribution in [3.05, 3.63) is 46.0 Å². The SMILES string of the molecule is Cc1ccc2ncc(C(=O)NC(C)CCCC(C)C)c(=O)n2c1. The van der Waals surface area contributed by atoms with Crippen LogP contribution in [0.15, 0.2) is 29.3 Å². The molecule has 2 rings (SSSR count). The number of pyridine rings is 1. The van der Waals surface area contributed by atoms with E-state index in [1.54, 1.807) is 12.3 Å². The van der Waals surface area contributed by atoms with E-state index in [4.69, 9.17) is 0 Å². The van der Waals surface area contributed by atoms with Gasteiger partial charge in [0.1, 0.15) is 11.2 Å². The molecular formula is C18H25N3O2. The van der Waals surface area contributed by atoms with E-state index >= 15 is 0 Å². The highest BCUT2D eigenvalue weighted by Gasteiger charge is 2.15. The van der Waals surface area contributed by atoms with Gasteiger partial charge < -0.3 is 5.32 Å². The third-order valence-corrected chi connectivity index (χ3v) is 3.89. The van der Waals surface area contributed by atoms with E-state index in [1.807, 2.05) is 19.9 Å². The maximum absolute atomic E-state index is 12.5. The fourth-order valence-electron chi connectivity index (χ4n) is 2.54. The Kier molecular flexibility index (Phi) is 5.53. The lowest BCUT2D eigenvalue weighted by Gasteiger charge is -2.14. The van der Waals surface area contributed by atoms with Crippen LogP contribution in [0.2, 0.25) is 0 Å². The molecule has 2 aromatic heterocycles. The van der Waals surface area contributed by atoms with Crippen LogP contribution in [-0.2, 0) is 0 Å². The van der Waals surface area contributed by atoms with Gasteiger partial charge in [0, 0.05) is 18.4 Å². The zero-order chi connectivity index (χ0) is 17.0. The summed E-state index contributed by atoms with van der Waals surface area (Å²) in [6, 6.07) is 3.70. The molecule has 0 aromatic carbocycles. The number of aromatic nitrogens is 2. The second-order valence-electron chi connectivity index (χ2n) is 6.61. The maximum Gasteiger partial charge on any atom is 0.270 e. The van der Waals surface area contributed by atoms with Crippen LogP contribution in [0.25, 0.3) is 5.65 Å². The minimum Gasteiger partial charge on any atom is -0.349 e. The fraction of sp³-hybridized carbons (Fsp3) is 0.500. The average Bonchev–Trinajstić information content (AvgIpc) is 2.47. The largest absolute Gasteiger partial charge is 0.349 e. The second-order valence-corrected chi connectivity index (χ2v) is 6.61. The smallest absolute Gasteiger partial charge is 0.270 e. The van der Waals surface area contributed by atoms with E-state index in [0.717, 1.165) is 24.8 Å². The van der Waals surface area contributed by atoms with Crippen LogP contribution in [0.4, 0.5) is 0 Å². The molecule has 0 bridgehead atoms. The summed E-state index contributed by atoms with van der Waals surface area (Å²) in [6.45, 7) is 8.24. The number of nitrogens with zero attached hydrogens (tertiary/aromatic N) is 2. The van der Waals surface area contributed by atoms with Crippen molar-refractivity contribution >= 4 is 11.6 Å². The van der Waals surface area contributed by atoms with Gasteiger partial charge in [0.05, 0.1) is 0 Å². The monoisotopic (exact) mass is 315 g/mol. The van der Waals surface area contributed by atoms with Crippen LogP contribution < -0.4 is 10.9 Å². The summed E-state index contributed by atoms with van der Waals surface area (Å²) in [5, 5.41) is 2.90. The summed E-state index contributed by atoms with van der Waals surface area (Å²) < 4.78 is 1.42. The van der Waals surface area contributed by atoms with Crippen molar-refractivity contribution in [2.75, 3.05) is 0 Å². The molecule has 1 atom stereocenters. The lowest BCUT2D eigenvalue weighted by atomic mass is 10.0. The minimum absolute atomic E-state index is 0.0406. The van der Waals surface area contributed by atoms with Crippen LogP contribution >= 0.6 is 0 Å². The highest BCUT2D eigenvalue weighted by molar-refractivity contribution is 5.93. The van der Waals surface area contributed by atoms with E-state index < -0.39 is 0 Å². The van der Waals surface area contributed by atoms with E-state index in [9.17, 15) is 9.59 Å². The minimum atomic E-state index is -0.351. The molecule has 5 heteroatoms. The average molecular weight is 315 g/mol. The summed E-state index contributed by atoms with van der Waals surface area (Å²) in [6.07, 6.45) is 6.18. The molecule has 2 heterocycles. The van der Waals surface area contributed by atoms with Gasteiger partial charge >= 0.3 is 0 Å². The number of carbonyl (C=O) groups is 1. The van der Waals surface area contributed by atoms with Gasteiger partial charge in [-0.3, -0.25) is 14.0 Å². The molecule has 0 radical (unpaired) electrons. The molecule has 0 saturated carbocycles. The summed E-state index contributed by atoms with van der Waals surface area (Å²) in [4.78, 5) is 29.0. The second kappa shape index (κ2) is 7.40. The Hall–Kier alpha value is -2.17. The zero-order valence-corrected chi connectivity index (χ0v) is 14.3. The first-order chi connectivity index (χ1) is 10.9. The Morgan fingerprint density at radius 2 is 2.00 bits per heavy atom. The number of carbonyl (C=O) groups excluding carboxylic acids is 1. The number of hydrogen-bond donors (Lipinski definition) is 1. The van der Waals surface area contributed by atoms with Gasteiger partial charge in [-0.25, -0.2) is 4.98 Å². The quantitative estimate of drug-likeness (QED) is 0.891. The van der Waals surface area contributed by atoms with E-state index in [2.05, 4.69) is 24.1 Å². The lowest BCUT2D eigenvalue weighted by molar-refractivity contribution is 0.0935. The van der Waals surface area contributed by atoms with Gasteiger partial charge in [-0.15, -0.1) is 0 Å². The van der Waals surface area contributed by atoms with Gasteiger partial charge in [0.25, 0.3) is 11.5 Å². The molecule has 0 aliphatic heterocycles. The highest BCUT2D eigenvalue weighted by atomic mass is 16.2. The van der Waals surface area contributed by atoms with Crippen molar-refractivity contribution < 1.29 is 4.79 Å². The van der Waals surface area contributed by atoms with E-state index in [-0.39, 0.29) is 23.1 Å². The molecule has 1 unspecified atom stereocenters. The van der Waals surface area contributed by atoms with Gasteiger partial charge in [-0.1, -0.05) is 32.8 Å². The predicted octanol–water partition coefficient (Wildman–Crippen LogP) is 2.95. The first kappa shape index (κ1) is 17.2. The lowest BCUT2D eigenvalue weighted by Crippen LogP contribution is -2.37. The molecule has 0 aliphatic rings. The number of fused-ring (bicyclic) bond motifs is 1. The first-order valence-corrected chi connectivity index (χ1v) is 8.17. The predicted molar refractivity (Wildman–Crippen MR) is 91.8 cm³/mol. The van der Waals surface area contributed by atoms with Gasteiger partial charge in [0.2, 0.25) is 0 Å². The van der Waals surface area contributed by atoms with Gasteiger partial charge in [-0.2, -0.15) is 0 Å². The van der Waals surface area contributed by atoms with Crippen molar-refractivity contribution in [3.8, 4) is 0 Å². The van der Waals surface area contributed by atoms with Crippen molar-refractivity contribution in [3.63, 3.8) is 0 Å². The molecule has 1 N–H and O–H groups in total. The number of amides is 1. The topological polar surface area (TPSA) is 63.5 Å². The number of aryl methyl sites for hydroxylation is 1. The zero-order valence-electron chi connectivity index (χ0n) is 14.3. The molecule has 124 valence electrons. The van der Waals surface area contributed by atoms with Crippen molar-refractivity contribution in [1.29, 1.82) is 0 Å². The molecule has 0 saturated heterocycles. The van der Waals surface area contributed by atoms with Crippen molar-refractivity contribution in [2.24, 2.45) is 5.92 Å². The molecule has 1 amide bonds. The van der Waals surface area contributed by atoms with Gasteiger partial charge in [-0.05, 0) is 37.8 Å². The standard InChI is InChI=1S/C18H25N3O2/c1-12(2)6-5-7-14(4)20-17(22)15-10-19-16-9-8-13(3)11-21(16)18(15)23/h8-12,14H,5-7H2,1-4H3,(H,20,22). The summed E-state index contributed by atoms with van der Waals surface area (Å²) >= 11 is 0. The maximum atomic E-state index is 12.5. The number of hydrogen-bond acceptors (Lipinski definition) is 3. The van der Waals surface area contributed by atoms with Crippen LogP contribution in [-0.4, -0.2) is 21.3 Å². The Morgan fingerprint density at radius 1 is 1.26 bits per heavy atom. The molecule has 0 fully saturated rings. The van der Waals surface area contributed by atoms with Crippen molar-refractivity contribution in [2.45, 2.75) is 53.0 Å². The highest BCUT2D eigenvalue weighted by Crippen LogP contribution is 2.08. The Labute approximate surface area is 136 Å². The molecular weight excluding hydrogens is 290 g/mol. The van der Waals surface area contributed by atoms with Crippen LogP contribution in [0.5, 0.6) is 0 Å². The van der Waals surface area contributed by atoms with Crippen LogP contribution in [0.1, 0.15) is 56.0 Å². The molecule has 5 nitrogen and oxygen atoms in total. The number of nitrogens with one attached hydrogen (secondary N) is 1. The van der Waals surface area contributed by atoms with Crippen molar-refractivity contribution in [1.82, 2.24) is 14.7 Å². The fourth-order valence-corrected chi connectivity index (χ4v) is 2.54. The summed E-state index contributed by atoms with van der Waals surface area (Å²) in [5.74, 6) is 0.311. The Balaban J connectivity index is 2.12. The first-order valence-electron chi connectivity index (χ1n) is 8.17.